The lowest BCUT2D eigenvalue weighted by Gasteiger charge is -2.30. The summed E-state index contributed by atoms with van der Waals surface area (Å²) in [6, 6.07) is 25.8. The summed E-state index contributed by atoms with van der Waals surface area (Å²) >= 11 is 0. The summed E-state index contributed by atoms with van der Waals surface area (Å²) in [5, 5.41) is 11.9. The monoisotopic (exact) mass is 534 g/mol. The van der Waals surface area contributed by atoms with E-state index in [-0.39, 0.29) is 12.0 Å². The molecule has 0 bridgehead atoms. The number of rotatable bonds is 7. The van der Waals surface area contributed by atoms with Crippen LogP contribution in [0.4, 0.5) is 10.5 Å². The molecule has 2 fully saturated rings. The van der Waals surface area contributed by atoms with Gasteiger partial charge in [0.25, 0.3) is 5.91 Å². The molecule has 2 aliphatic heterocycles. The molecule has 0 aromatic heterocycles. The van der Waals surface area contributed by atoms with Gasteiger partial charge in [0.1, 0.15) is 6.10 Å². The van der Waals surface area contributed by atoms with E-state index in [1.807, 2.05) is 77.7 Å². The van der Waals surface area contributed by atoms with Gasteiger partial charge in [-0.3, -0.25) is 10.1 Å². The highest BCUT2D eigenvalue weighted by molar-refractivity contribution is 5.97. The average molecular weight is 535 g/mol. The summed E-state index contributed by atoms with van der Waals surface area (Å²) in [7, 11) is 0. The van der Waals surface area contributed by atoms with Gasteiger partial charge in [0.2, 0.25) is 0 Å². The second-order valence-electron chi connectivity index (χ2n) is 11.2. The van der Waals surface area contributed by atoms with Gasteiger partial charge in [-0.05, 0) is 59.9 Å². The zero-order chi connectivity index (χ0) is 27.5. The number of likely N-dealkylation sites (tertiary alicyclic amines) is 1. The number of nitriles is 1. The van der Waals surface area contributed by atoms with E-state index < -0.39 is 6.09 Å². The first-order valence-electron chi connectivity index (χ1n) is 14.2. The van der Waals surface area contributed by atoms with Crippen molar-refractivity contribution in [3.63, 3.8) is 0 Å². The van der Waals surface area contributed by atoms with Crippen LogP contribution in [0.2, 0.25) is 0 Å². The van der Waals surface area contributed by atoms with Gasteiger partial charge in [-0.15, -0.1) is 0 Å². The first-order valence-corrected chi connectivity index (χ1v) is 14.2. The topological polar surface area (TPSA) is 85.7 Å². The Bertz CT molecular complexity index is 1420. The van der Waals surface area contributed by atoms with Gasteiger partial charge in [-0.1, -0.05) is 60.7 Å². The van der Waals surface area contributed by atoms with Crippen LogP contribution in [-0.4, -0.2) is 60.6 Å². The van der Waals surface area contributed by atoms with Crippen molar-refractivity contribution in [3.8, 4) is 17.2 Å². The van der Waals surface area contributed by atoms with Crippen LogP contribution in [0.3, 0.4) is 0 Å². The molecule has 40 heavy (non-hydrogen) atoms. The Morgan fingerprint density at radius 1 is 0.950 bits per heavy atom. The van der Waals surface area contributed by atoms with Crippen molar-refractivity contribution in [2.45, 2.75) is 31.8 Å². The van der Waals surface area contributed by atoms with Gasteiger partial charge in [0.15, 0.2) is 0 Å². The molecule has 1 saturated carbocycles. The number of nitrogens with one attached hydrogen (secondary N) is 1. The average Bonchev–Trinajstić information content (AvgIpc) is 3.52. The van der Waals surface area contributed by atoms with Crippen molar-refractivity contribution < 1.29 is 14.3 Å². The van der Waals surface area contributed by atoms with E-state index in [1.165, 1.54) is 0 Å². The van der Waals surface area contributed by atoms with E-state index in [0.29, 0.717) is 18.3 Å². The van der Waals surface area contributed by atoms with Gasteiger partial charge >= 0.3 is 6.09 Å². The van der Waals surface area contributed by atoms with Crippen molar-refractivity contribution >= 4 is 17.7 Å². The van der Waals surface area contributed by atoms with Crippen LogP contribution in [0.15, 0.2) is 72.8 Å². The molecule has 0 radical (unpaired) electrons. The van der Waals surface area contributed by atoms with Gasteiger partial charge in [-0.25, -0.2) is 4.79 Å². The molecular weight excluding hydrogens is 500 g/mol. The van der Waals surface area contributed by atoms with Crippen LogP contribution < -0.4 is 5.32 Å². The molecule has 1 saturated heterocycles. The van der Waals surface area contributed by atoms with Gasteiger partial charge < -0.3 is 14.5 Å². The highest BCUT2D eigenvalue weighted by Crippen LogP contribution is 2.39. The van der Waals surface area contributed by atoms with Gasteiger partial charge in [0, 0.05) is 43.9 Å². The highest BCUT2D eigenvalue weighted by atomic mass is 16.6. The van der Waals surface area contributed by atoms with Crippen LogP contribution in [0.5, 0.6) is 0 Å². The molecule has 3 aliphatic rings. The number of amides is 2. The standard InChI is InChI=1S/C33H34N4O3/c34-14-12-23-10-11-30-25(18-23)13-15-37(32(30)38)17-16-36-21-26-19-28(20-27(26)22-36)40-33(39)35-31-9-5-4-8-29(31)24-6-2-1-3-7-24/h1-11,18,26-28H,12-13,15-17,19-22H2,(H,35,39)/t26-,27+,28+. The summed E-state index contributed by atoms with van der Waals surface area (Å²) in [5.41, 5.74) is 5.58. The Balaban J connectivity index is 0.970. The number of carbonyl (C=O) groups is 2. The zero-order valence-electron chi connectivity index (χ0n) is 22.6. The van der Waals surface area contributed by atoms with Crippen LogP contribution >= 0.6 is 0 Å². The maximum Gasteiger partial charge on any atom is 0.411 e. The van der Waals surface area contributed by atoms with Crippen molar-refractivity contribution in [3.05, 3.63) is 89.5 Å². The maximum atomic E-state index is 13.1. The van der Waals surface area contributed by atoms with Crippen LogP contribution in [-0.2, 0) is 17.6 Å². The predicted octanol–water partition coefficient (Wildman–Crippen LogP) is 5.38. The molecule has 6 rings (SSSR count). The Kier molecular flexibility index (Phi) is 7.52. The molecular formula is C33H34N4O3. The minimum absolute atomic E-state index is 0.0628. The van der Waals surface area contributed by atoms with E-state index >= 15 is 0 Å². The number of hydrogen-bond acceptors (Lipinski definition) is 5. The summed E-state index contributed by atoms with van der Waals surface area (Å²) in [6.45, 7) is 4.28. The van der Waals surface area contributed by atoms with Crippen LogP contribution in [0.1, 0.15) is 34.3 Å². The Hall–Kier alpha value is -4.15. The lowest BCUT2D eigenvalue weighted by molar-refractivity contribution is 0.0720. The molecule has 7 heteroatoms. The van der Waals surface area contributed by atoms with Crippen molar-refractivity contribution in [1.82, 2.24) is 9.80 Å². The number of hydrogen-bond donors (Lipinski definition) is 1. The molecule has 1 aliphatic carbocycles. The molecule has 7 nitrogen and oxygen atoms in total. The fraction of sp³-hybridized carbons (Fsp3) is 0.364. The molecule has 2 heterocycles. The highest BCUT2D eigenvalue weighted by Gasteiger charge is 2.42. The third-order valence-corrected chi connectivity index (χ3v) is 8.61. The van der Waals surface area contributed by atoms with Crippen molar-refractivity contribution in [2.75, 3.05) is 38.0 Å². The van der Waals surface area contributed by atoms with Crippen molar-refractivity contribution in [2.24, 2.45) is 11.8 Å². The molecule has 0 spiro atoms. The fourth-order valence-corrected chi connectivity index (χ4v) is 6.64. The number of nitrogens with zero attached hydrogens (tertiary/aromatic N) is 3. The molecule has 3 aromatic rings. The van der Waals surface area contributed by atoms with Gasteiger partial charge in [-0.2, -0.15) is 5.26 Å². The minimum atomic E-state index is -0.395. The third kappa shape index (κ3) is 5.59. The predicted molar refractivity (Wildman–Crippen MR) is 154 cm³/mol. The lowest BCUT2D eigenvalue weighted by Crippen LogP contribution is -2.42. The second kappa shape index (κ2) is 11.5. The summed E-state index contributed by atoms with van der Waals surface area (Å²) in [5.74, 6) is 1.13. The number of ether oxygens (including phenoxy) is 1. The Morgan fingerprint density at radius 3 is 2.48 bits per heavy atom. The SMILES string of the molecule is N#CCc1ccc2c(c1)CCN(CCN1C[C@H]3C[C@H](OC(=O)Nc4ccccc4-c4ccccc4)C[C@H]3C1)C2=O. The first kappa shape index (κ1) is 26.1. The summed E-state index contributed by atoms with van der Waals surface area (Å²) < 4.78 is 5.86. The fourth-order valence-electron chi connectivity index (χ4n) is 6.64. The number of carbonyl (C=O) groups excluding carboxylic acids is 2. The van der Waals surface area contributed by atoms with E-state index in [4.69, 9.17) is 10.00 Å². The summed E-state index contributed by atoms with van der Waals surface area (Å²) in [4.78, 5) is 30.3. The number of benzene rings is 3. The number of para-hydroxylation sites is 1. The molecule has 204 valence electrons. The third-order valence-electron chi connectivity index (χ3n) is 8.61. The van der Waals surface area contributed by atoms with E-state index in [2.05, 4.69) is 16.3 Å². The molecule has 3 aromatic carbocycles. The largest absolute Gasteiger partial charge is 0.446 e. The van der Waals surface area contributed by atoms with Gasteiger partial charge in [0.05, 0.1) is 18.2 Å². The smallest absolute Gasteiger partial charge is 0.411 e. The molecule has 3 atom stereocenters. The second-order valence-corrected chi connectivity index (χ2v) is 11.2. The quantitative estimate of drug-likeness (QED) is 0.440. The van der Waals surface area contributed by atoms with Crippen LogP contribution in [0.25, 0.3) is 11.1 Å². The molecule has 0 unspecified atom stereocenters. The number of anilines is 1. The Morgan fingerprint density at radius 2 is 1.70 bits per heavy atom. The van der Waals surface area contributed by atoms with Crippen molar-refractivity contribution in [1.29, 1.82) is 5.26 Å². The summed E-state index contributed by atoms with van der Waals surface area (Å²) in [6.07, 6.45) is 2.52. The van der Waals surface area contributed by atoms with E-state index in [0.717, 1.165) is 85.5 Å². The Labute approximate surface area is 235 Å². The maximum absolute atomic E-state index is 13.1. The number of fused-ring (bicyclic) bond motifs is 2. The molecule has 2 amide bonds. The lowest BCUT2D eigenvalue weighted by atomic mass is 9.96. The van der Waals surface area contributed by atoms with E-state index in [9.17, 15) is 9.59 Å². The molecule has 1 N–H and O–H groups in total. The normalized spacial score (nSPS) is 21.9. The van der Waals surface area contributed by atoms with Crippen LogP contribution in [0, 0.1) is 23.2 Å². The van der Waals surface area contributed by atoms with E-state index in [1.54, 1.807) is 0 Å². The zero-order valence-corrected chi connectivity index (χ0v) is 22.6. The first-order chi connectivity index (χ1) is 19.6. The minimum Gasteiger partial charge on any atom is -0.446 e.